The van der Waals surface area contributed by atoms with Crippen molar-refractivity contribution in [3.63, 3.8) is 0 Å². The van der Waals surface area contributed by atoms with E-state index in [2.05, 4.69) is 20.8 Å². The largest absolute Gasteiger partial charge is 0.508 e. The summed E-state index contributed by atoms with van der Waals surface area (Å²) in [7, 11) is 0. The van der Waals surface area contributed by atoms with Crippen molar-refractivity contribution in [1.29, 1.82) is 0 Å². The molecule has 0 aromatic heterocycles. The van der Waals surface area contributed by atoms with Gasteiger partial charge in [0, 0.05) is 24.3 Å². The molecular formula is C22H26O3. The van der Waals surface area contributed by atoms with E-state index >= 15 is 0 Å². The summed E-state index contributed by atoms with van der Waals surface area (Å²) in [5, 5.41) is 9.61. The van der Waals surface area contributed by atoms with Crippen LogP contribution in [0.15, 0.2) is 47.2 Å². The van der Waals surface area contributed by atoms with Crippen LogP contribution in [-0.4, -0.2) is 10.9 Å². The summed E-state index contributed by atoms with van der Waals surface area (Å²) in [6, 6.07) is 7.38. The van der Waals surface area contributed by atoms with E-state index in [4.69, 9.17) is 4.74 Å². The number of aromatic hydroxyl groups is 1. The second-order valence-corrected chi connectivity index (χ2v) is 8.73. The molecule has 1 N–H and O–H groups in total. The molecular weight excluding hydrogens is 312 g/mol. The van der Waals surface area contributed by atoms with Crippen molar-refractivity contribution in [2.24, 2.45) is 17.3 Å². The van der Waals surface area contributed by atoms with E-state index in [9.17, 15) is 9.90 Å². The summed E-state index contributed by atoms with van der Waals surface area (Å²) < 4.78 is 6.41. The summed E-state index contributed by atoms with van der Waals surface area (Å²) >= 11 is 0. The Morgan fingerprint density at radius 2 is 1.88 bits per heavy atom. The van der Waals surface area contributed by atoms with Gasteiger partial charge in [0.15, 0.2) is 0 Å². The second-order valence-electron chi connectivity index (χ2n) is 8.73. The Kier molecular flexibility index (Phi) is 3.78. The SMILES string of the molecule is CC(C)(C)[C@@H]1CC2=C3CC(=O)CC=C3O[C@@H](c3ccc(O)cc3)[C@H]2C1. The average Bonchev–Trinajstić information content (AvgIpc) is 3.01. The number of rotatable bonds is 1. The lowest BCUT2D eigenvalue weighted by Gasteiger charge is -2.36. The van der Waals surface area contributed by atoms with Crippen molar-refractivity contribution in [3.8, 4) is 5.75 Å². The molecule has 1 aromatic carbocycles. The first-order valence-corrected chi connectivity index (χ1v) is 9.22. The number of carbonyl (C=O) groups excluding carboxylic acids is 1. The van der Waals surface area contributed by atoms with E-state index in [0.717, 1.165) is 29.7 Å². The van der Waals surface area contributed by atoms with Gasteiger partial charge in [-0.3, -0.25) is 4.79 Å². The summed E-state index contributed by atoms with van der Waals surface area (Å²) in [5.74, 6) is 2.40. The third-order valence-electron chi connectivity index (χ3n) is 6.09. The standard InChI is InChI=1S/C22H26O3/c1-22(2,3)14-10-17-18-12-16(24)8-9-20(18)25-21(19(17)11-14)13-4-6-15(23)7-5-13/h4-7,9,14,19,21,23H,8,10-12H2,1-3H3/t14-,19+,21+/m1/s1. The molecule has 1 fully saturated rings. The molecule has 3 nitrogen and oxygen atoms in total. The van der Waals surface area contributed by atoms with Crippen LogP contribution in [0.5, 0.6) is 5.75 Å². The van der Waals surface area contributed by atoms with Crippen LogP contribution in [0.2, 0.25) is 0 Å². The normalized spacial score (nSPS) is 29.0. The van der Waals surface area contributed by atoms with E-state index < -0.39 is 0 Å². The Morgan fingerprint density at radius 1 is 1.16 bits per heavy atom. The molecule has 0 radical (unpaired) electrons. The van der Waals surface area contributed by atoms with Crippen molar-refractivity contribution in [2.45, 2.75) is 52.6 Å². The van der Waals surface area contributed by atoms with E-state index in [-0.39, 0.29) is 23.1 Å². The highest BCUT2D eigenvalue weighted by Gasteiger charge is 2.46. The number of benzene rings is 1. The molecule has 132 valence electrons. The predicted octanol–water partition coefficient (Wildman–Crippen LogP) is 5.08. The van der Waals surface area contributed by atoms with Crippen molar-refractivity contribution >= 4 is 5.78 Å². The van der Waals surface area contributed by atoms with Crippen LogP contribution in [0, 0.1) is 17.3 Å². The van der Waals surface area contributed by atoms with Crippen molar-refractivity contribution in [1.82, 2.24) is 0 Å². The number of Topliss-reactive ketones (excluding diaryl/α,β-unsaturated/α-hetero) is 1. The smallest absolute Gasteiger partial charge is 0.141 e. The highest BCUT2D eigenvalue weighted by Crippen LogP contribution is 2.56. The number of hydrogen-bond acceptors (Lipinski definition) is 3. The first kappa shape index (κ1) is 16.4. The van der Waals surface area contributed by atoms with Crippen LogP contribution in [0.4, 0.5) is 0 Å². The molecule has 0 amide bonds. The first-order valence-electron chi connectivity index (χ1n) is 9.22. The lowest BCUT2D eigenvalue weighted by Crippen LogP contribution is -2.25. The maximum atomic E-state index is 12.0. The monoisotopic (exact) mass is 338 g/mol. The van der Waals surface area contributed by atoms with Gasteiger partial charge < -0.3 is 9.84 Å². The van der Waals surface area contributed by atoms with E-state index in [0.29, 0.717) is 24.7 Å². The van der Waals surface area contributed by atoms with Gasteiger partial charge in [-0.25, -0.2) is 0 Å². The fourth-order valence-electron chi connectivity index (χ4n) is 4.52. The van der Waals surface area contributed by atoms with E-state index in [1.165, 1.54) is 5.57 Å². The number of carbonyl (C=O) groups is 1. The second kappa shape index (κ2) is 5.76. The number of phenols is 1. The Balaban J connectivity index is 1.77. The van der Waals surface area contributed by atoms with Gasteiger partial charge in [-0.05, 0) is 47.9 Å². The minimum Gasteiger partial charge on any atom is -0.508 e. The molecule has 3 aliphatic rings. The van der Waals surface area contributed by atoms with Crippen LogP contribution < -0.4 is 0 Å². The maximum absolute atomic E-state index is 12.0. The van der Waals surface area contributed by atoms with Gasteiger partial charge in [0.1, 0.15) is 23.4 Å². The number of fused-ring (bicyclic) bond motifs is 2. The van der Waals surface area contributed by atoms with E-state index in [1.54, 1.807) is 12.1 Å². The van der Waals surface area contributed by atoms with Gasteiger partial charge >= 0.3 is 0 Å². The predicted molar refractivity (Wildman–Crippen MR) is 97.0 cm³/mol. The van der Waals surface area contributed by atoms with Gasteiger partial charge in [-0.1, -0.05) is 38.5 Å². The van der Waals surface area contributed by atoms with Crippen LogP contribution in [0.3, 0.4) is 0 Å². The third kappa shape index (κ3) is 2.90. The van der Waals surface area contributed by atoms with E-state index in [1.807, 2.05) is 18.2 Å². The molecule has 3 atom stereocenters. The summed E-state index contributed by atoms with van der Waals surface area (Å²) in [4.78, 5) is 12.0. The number of allylic oxidation sites excluding steroid dienone is 2. The Bertz CT molecular complexity index is 761. The fraction of sp³-hybridized carbons (Fsp3) is 0.500. The van der Waals surface area contributed by atoms with Crippen LogP contribution >= 0.6 is 0 Å². The first-order chi connectivity index (χ1) is 11.8. The zero-order chi connectivity index (χ0) is 17.8. The minimum absolute atomic E-state index is 0.0221. The van der Waals surface area contributed by atoms with Gasteiger partial charge in [0.05, 0.1) is 0 Å². The highest BCUT2D eigenvalue weighted by molar-refractivity contribution is 5.85. The van der Waals surface area contributed by atoms with Crippen LogP contribution in [0.25, 0.3) is 0 Å². The Hall–Kier alpha value is -2.03. The third-order valence-corrected chi connectivity index (χ3v) is 6.09. The maximum Gasteiger partial charge on any atom is 0.141 e. The van der Waals surface area contributed by atoms with Crippen LogP contribution in [0.1, 0.15) is 58.1 Å². The molecule has 1 aromatic rings. The quantitative estimate of drug-likeness (QED) is 0.777. The molecule has 0 saturated heterocycles. The Labute approximate surface area is 149 Å². The zero-order valence-corrected chi connectivity index (χ0v) is 15.2. The highest BCUT2D eigenvalue weighted by atomic mass is 16.5. The zero-order valence-electron chi connectivity index (χ0n) is 15.2. The van der Waals surface area contributed by atoms with Gasteiger partial charge in [0.25, 0.3) is 0 Å². The van der Waals surface area contributed by atoms with Gasteiger partial charge in [-0.2, -0.15) is 0 Å². The van der Waals surface area contributed by atoms with Crippen molar-refractivity contribution < 1.29 is 14.6 Å². The van der Waals surface area contributed by atoms with Crippen molar-refractivity contribution in [3.05, 3.63) is 52.8 Å². The van der Waals surface area contributed by atoms with Gasteiger partial charge in [0.2, 0.25) is 0 Å². The summed E-state index contributed by atoms with van der Waals surface area (Å²) in [5.41, 5.74) is 3.94. The number of phenolic OH excluding ortho intramolecular Hbond substituents is 1. The molecule has 1 aliphatic heterocycles. The van der Waals surface area contributed by atoms with Gasteiger partial charge in [-0.15, -0.1) is 0 Å². The molecule has 0 unspecified atom stereocenters. The Morgan fingerprint density at radius 3 is 2.56 bits per heavy atom. The molecule has 4 rings (SSSR count). The molecule has 1 heterocycles. The molecule has 25 heavy (non-hydrogen) atoms. The molecule has 2 aliphatic carbocycles. The summed E-state index contributed by atoms with van der Waals surface area (Å²) in [6.45, 7) is 6.91. The molecule has 1 saturated carbocycles. The number of ether oxygens (including phenoxy) is 1. The molecule has 0 spiro atoms. The molecule has 0 bridgehead atoms. The number of ketones is 1. The average molecular weight is 338 g/mol. The molecule has 3 heteroatoms. The topological polar surface area (TPSA) is 46.5 Å². The van der Waals surface area contributed by atoms with Crippen molar-refractivity contribution in [2.75, 3.05) is 0 Å². The fourth-order valence-corrected chi connectivity index (χ4v) is 4.52. The lowest BCUT2D eigenvalue weighted by atomic mass is 9.79. The lowest BCUT2D eigenvalue weighted by molar-refractivity contribution is -0.118. The number of hydrogen-bond donors (Lipinski definition) is 1. The summed E-state index contributed by atoms with van der Waals surface area (Å²) in [6.07, 6.45) is 5.09. The van der Waals surface area contributed by atoms with Crippen LogP contribution in [-0.2, 0) is 9.53 Å². The minimum atomic E-state index is -0.0221.